The summed E-state index contributed by atoms with van der Waals surface area (Å²) in [5.74, 6) is 0.0699. The summed E-state index contributed by atoms with van der Waals surface area (Å²) >= 11 is 0. The van der Waals surface area contributed by atoms with Gasteiger partial charge in [-0.05, 0) is 97.7 Å². The molecule has 0 bridgehead atoms. The molecular weight excluding hydrogens is 542 g/mol. The molecule has 42 heavy (non-hydrogen) atoms. The first-order valence-electron chi connectivity index (χ1n) is 14.9. The number of nitrogens with one attached hydrogen (secondary N) is 1. The van der Waals surface area contributed by atoms with Crippen LogP contribution in [0.15, 0.2) is 35.0 Å². The summed E-state index contributed by atoms with van der Waals surface area (Å²) in [5, 5.41) is 38.3. The van der Waals surface area contributed by atoms with Gasteiger partial charge in [0.25, 0.3) is 5.91 Å². The zero-order valence-corrected chi connectivity index (χ0v) is 24.5. The third-order valence-corrected chi connectivity index (χ3v) is 10.8. The highest BCUT2D eigenvalue weighted by molar-refractivity contribution is 5.96. The van der Waals surface area contributed by atoms with E-state index in [1.807, 2.05) is 0 Å². The second-order valence-electron chi connectivity index (χ2n) is 12.9. The molecule has 0 aliphatic heterocycles. The summed E-state index contributed by atoms with van der Waals surface area (Å²) in [7, 11) is 1.18. The highest BCUT2D eigenvalue weighted by Gasteiger charge is 2.58. The van der Waals surface area contributed by atoms with Crippen LogP contribution >= 0.6 is 0 Å². The van der Waals surface area contributed by atoms with E-state index >= 15 is 0 Å². The van der Waals surface area contributed by atoms with Crippen LogP contribution in [-0.4, -0.2) is 58.6 Å². The van der Waals surface area contributed by atoms with Gasteiger partial charge in [0.05, 0.1) is 23.8 Å². The molecule has 0 heterocycles. The quantitative estimate of drug-likeness (QED) is 0.233. The smallest absolute Gasteiger partial charge is 0.328 e. The Morgan fingerprint density at radius 3 is 2.69 bits per heavy atom. The number of oxime groups is 1. The third-order valence-electron chi connectivity index (χ3n) is 10.8. The maximum atomic E-state index is 12.6. The predicted octanol–water partition coefficient (Wildman–Crippen LogP) is 4.20. The molecule has 1 aromatic carbocycles. The number of aliphatic hydroxyl groups excluding tert-OH is 1. The van der Waals surface area contributed by atoms with Crippen molar-refractivity contribution >= 4 is 23.3 Å². The number of amides is 1. The maximum absolute atomic E-state index is 12.6. The standard InChI is InChI=1S/C31H41N3O8/c1-30-12-10-20(16-19(30)5-6-21-22-7-9-27(36)31(22,2)13-11-23(21)30)33-42-17-28(37)32-24(29(38)41-3)14-18-4-8-26(35)25(15-18)34(39)40/h4,8,15-16,21-24,27,35-36H,5-7,9-14,17H2,1-3H3,(H,32,37)/b33-20-/t21-,22-,23-,24+,27-,30+,31+/m1/s1. The molecule has 7 atom stereocenters. The van der Waals surface area contributed by atoms with Crippen molar-refractivity contribution in [3.8, 4) is 5.75 Å². The third kappa shape index (κ3) is 5.50. The number of nitro benzene ring substituents is 1. The van der Waals surface area contributed by atoms with Crippen molar-refractivity contribution in [1.29, 1.82) is 0 Å². The average Bonchev–Trinajstić information content (AvgIpc) is 3.27. The molecule has 228 valence electrons. The van der Waals surface area contributed by atoms with Gasteiger partial charge in [-0.2, -0.15) is 0 Å². The van der Waals surface area contributed by atoms with Crippen LogP contribution in [0.2, 0.25) is 0 Å². The van der Waals surface area contributed by atoms with E-state index in [0.717, 1.165) is 63.1 Å². The van der Waals surface area contributed by atoms with Crippen LogP contribution < -0.4 is 5.32 Å². The number of carbonyl (C=O) groups is 2. The lowest BCUT2D eigenvalue weighted by Crippen LogP contribution is -2.51. The van der Waals surface area contributed by atoms with Crippen molar-refractivity contribution < 1.29 is 34.3 Å². The van der Waals surface area contributed by atoms with Gasteiger partial charge >= 0.3 is 11.7 Å². The second kappa shape index (κ2) is 11.7. The Morgan fingerprint density at radius 1 is 1.17 bits per heavy atom. The minimum absolute atomic E-state index is 0.0589. The summed E-state index contributed by atoms with van der Waals surface area (Å²) in [5.41, 5.74) is 2.25. The van der Waals surface area contributed by atoms with Crippen molar-refractivity contribution in [2.24, 2.45) is 33.7 Å². The first-order valence-corrected chi connectivity index (χ1v) is 14.9. The Labute approximate surface area is 245 Å². The van der Waals surface area contributed by atoms with E-state index in [2.05, 4.69) is 30.4 Å². The molecule has 3 fully saturated rings. The molecule has 1 aromatic rings. The van der Waals surface area contributed by atoms with Crippen molar-refractivity contribution in [2.45, 2.75) is 83.8 Å². The summed E-state index contributed by atoms with van der Waals surface area (Å²) in [4.78, 5) is 40.7. The number of fused-ring (bicyclic) bond motifs is 5. The molecule has 3 saturated carbocycles. The topological polar surface area (TPSA) is 161 Å². The fraction of sp³-hybridized carbons (Fsp3) is 0.645. The normalized spacial score (nSPS) is 33.4. The number of rotatable bonds is 8. The Morgan fingerprint density at radius 2 is 1.95 bits per heavy atom. The lowest BCUT2D eigenvalue weighted by Gasteiger charge is -2.57. The van der Waals surface area contributed by atoms with Crippen molar-refractivity contribution in [3.63, 3.8) is 0 Å². The number of methoxy groups -OCH3 is 1. The number of hydrogen-bond donors (Lipinski definition) is 3. The van der Waals surface area contributed by atoms with E-state index in [9.17, 15) is 29.9 Å². The Hall–Kier alpha value is -3.47. The number of aromatic hydroxyl groups is 1. The van der Waals surface area contributed by atoms with Gasteiger partial charge in [-0.3, -0.25) is 14.9 Å². The maximum Gasteiger partial charge on any atom is 0.328 e. The predicted molar refractivity (Wildman–Crippen MR) is 154 cm³/mol. The zero-order valence-electron chi connectivity index (χ0n) is 24.5. The molecular formula is C31H41N3O8. The number of nitrogens with zero attached hydrogens (tertiary/aromatic N) is 2. The van der Waals surface area contributed by atoms with Crippen LogP contribution in [0.25, 0.3) is 0 Å². The van der Waals surface area contributed by atoms with E-state index in [1.54, 1.807) is 0 Å². The fourth-order valence-electron chi connectivity index (χ4n) is 8.44. The molecule has 0 radical (unpaired) electrons. The summed E-state index contributed by atoms with van der Waals surface area (Å²) < 4.78 is 4.79. The molecule has 4 aliphatic carbocycles. The van der Waals surface area contributed by atoms with Gasteiger partial charge < -0.3 is 25.1 Å². The second-order valence-corrected chi connectivity index (χ2v) is 12.9. The van der Waals surface area contributed by atoms with Crippen molar-refractivity contribution in [3.05, 3.63) is 45.5 Å². The highest BCUT2D eigenvalue weighted by Crippen LogP contribution is 2.65. The van der Waals surface area contributed by atoms with Crippen LogP contribution in [0.1, 0.15) is 70.8 Å². The van der Waals surface area contributed by atoms with E-state index in [4.69, 9.17) is 9.57 Å². The lowest BCUT2D eigenvalue weighted by molar-refractivity contribution is -0.385. The number of phenols is 1. The number of allylic oxidation sites excluding steroid dienone is 2. The number of phenolic OH excluding ortho intramolecular Hbond substituents is 1. The zero-order chi connectivity index (χ0) is 30.2. The van der Waals surface area contributed by atoms with Crippen LogP contribution in [0.4, 0.5) is 5.69 Å². The summed E-state index contributed by atoms with van der Waals surface area (Å²) in [6.45, 7) is 4.29. The summed E-state index contributed by atoms with van der Waals surface area (Å²) in [6.07, 6.45) is 10.0. The lowest BCUT2D eigenvalue weighted by atomic mass is 9.47. The molecule has 5 rings (SSSR count). The van der Waals surface area contributed by atoms with Gasteiger partial charge in [-0.1, -0.05) is 30.6 Å². The molecule has 0 spiro atoms. The van der Waals surface area contributed by atoms with E-state index in [1.165, 1.54) is 24.8 Å². The minimum Gasteiger partial charge on any atom is -0.502 e. The molecule has 0 saturated heterocycles. The molecule has 0 unspecified atom stereocenters. The Bertz CT molecular complexity index is 1310. The van der Waals surface area contributed by atoms with Crippen LogP contribution in [0.3, 0.4) is 0 Å². The van der Waals surface area contributed by atoms with Gasteiger partial charge in [0.1, 0.15) is 6.04 Å². The van der Waals surface area contributed by atoms with Crippen LogP contribution in [0.5, 0.6) is 5.75 Å². The fourth-order valence-corrected chi connectivity index (χ4v) is 8.44. The number of hydrogen-bond acceptors (Lipinski definition) is 9. The van der Waals surface area contributed by atoms with Crippen LogP contribution in [0, 0.1) is 38.7 Å². The van der Waals surface area contributed by atoms with Crippen molar-refractivity contribution in [2.75, 3.05) is 13.7 Å². The summed E-state index contributed by atoms with van der Waals surface area (Å²) in [6, 6.07) is 2.66. The molecule has 11 nitrogen and oxygen atoms in total. The van der Waals surface area contributed by atoms with Crippen molar-refractivity contribution in [1.82, 2.24) is 5.32 Å². The average molecular weight is 584 g/mol. The number of aliphatic hydroxyl groups is 1. The SMILES string of the molecule is COC(=O)[C@H](Cc1ccc(O)c([N+](=O)[O-])c1)NC(=O)CO/N=C1\C=C2CC[C@@H]3[C@H]4CC[C@@H](O)[C@@]4(C)CC[C@H]3[C@@]2(C)CC1. The molecule has 3 N–H and O–H groups in total. The van der Waals surface area contributed by atoms with E-state index in [-0.39, 0.29) is 23.4 Å². The van der Waals surface area contributed by atoms with E-state index in [0.29, 0.717) is 23.3 Å². The Balaban J connectivity index is 1.19. The first-order chi connectivity index (χ1) is 20.0. The molecule has 11 heteroatoms. The monoisotopic (exact) mass is 583 g/mol. The van der Waals surface area contributed by atoms with Gasteiger partial charge in [0, 0.05) is 12.5 Å². The number of ether oxygens (including phenoxy) is 1. The van der Waals surface area contributed by atoms with E-state index < -0.39 is 40.9 Å². The number of nitro groups is 1. The number of carbonyl (C=O) groups excluding carboxylic acids is 2. The molecule has 0 aromatic heterocycles. The first kappa shape index (κ1) is 30.0. The highest BCUT2D eigenvalue weighted by atomic mass is 16.6. The number of esters is 1. The molecule has 1 amide bonds. The van der Waals surface area contributed by atoms with Crippen LogP contribution in [-0.2, 0) is 25.6 Å². The van der Waals surface area contributed by atoms with Gasteiger partial charge in [-0.15, -0.1) is 0 Å². The Kier molecular flexibility index (Phi) is 8.33. The number of benzene rings is 1. The largest absolute Gasteiger partial charge is 0.502 e. The minimum atomic E-state index is -1.10. The molecule has 4 aliphatic rings. The van der Waals surface area contributed by atoms with Gasteiger partial charge in [0.2, 0.25) is 0 Å². The van der Waals surface area contributed by atoms with Gasteiger partial charge in [-0.25, -0.2) is 4.79 Å². The van der Waals surface area contributed by atoms with Gasteiger partial charge in [0.15, 0.2) is 12.4 Å².